The van der Waals surface area contributed by atoms with Gasteiger partial charge in [-0.3, -0.25) is 4.79 Å². The first kappa shape index (κ1) is 21.8. The average molecular weight is 286 g/mol. The third-order valence-corrected chi connectivity index (χ3v) is 3.25. The molecule has 0 saturated heterocycles. The van der Waals surface area contributed by atoms with E-state index in [0.717, 1.165) is 6.42 Å². The minimum Gasteiger partial charge on any atom is -0.466 e. The molecule has 2 heteroatoms. The number of ether oxygens (including phenoxy) is 1. The van der Waals surface area contributed by atoms with Crippen molar-refractivity contribution in [1.82, 2.24) is 0 Å². The molecule has 0 saturated carbocycles. The number of unbranched alkanes of at least 4 members (excludes halogenated alkanes) is 9. The highest BCUT2D eigenvalue weighted by atomic mass is 16.5. The summed E-state index contributed by atoms with van der Waals surface area (Å²) in [5, 5.41) is 0. The van der Waals surface area contributed by atoms with Crippen LogP contribution in [0.25, 0.3) is 0 Å². The van der Waals surface area contributed by atoms with Gasteiger partial charge in [-0.2, -0.15) is 0 Å². The average Bonchev–Trinajstić information content (AvgIpc) is 2.45. The lowest BCUT2D eigenvalue weighted by atomic mass is 10.1. The van der Waals surface area contributed by atoms with Crippen molar-refractivity contribution in [1.29, 1.82) is 0 Å². The van der Waals surface area contributed by atoms with Crippen molar-refractivity contribution in [2.24, 2.45) is 0 Å². The predicted molar refractivity (Wildman–Crippen MR) is 89.1 cm³/mol. The van der Waals surface area contributed by atoms with Crippen LogP contribution in [0.3, 0.4) is 0 Å². The zero-order chi connectivity index (χ0) is 15.5. The third-order valence-electron chi connectivity index (χ3n) is 3.25. The van der Waals surface area contributed by atoms with Crippen LogP contribution in [-0.4, -0.2) is 12.6 Å². The van der Waals surface area contributed by atoms with E-state index in [1.165, 1.54) is 64.2 Å². The van der Waals surface area contributed by atoms with Gasteiger partial charge in [0.15, 0.2) is 0 Å². The largest absolute Gasteiger partial charge is 0.466 e. The summed E-state index contributed by atoms with van der Waals surface area (Å²) in [7, 11) is 0. The molecular formula is C18H38O2. The molecule has 0 unspecified atom stereocenters. The van der Waals surface area contributed by atoms with Gasteiger partial charge in [-0.05, 0) is 13.3 Å². The van der Waals surface area contributed by atoms with E-state index in [0.29, 0.717) is 13.0 Å². The second-order valence-corrected chi connectivity index (χ2v) is 5.38. The van der Waals surface area contributed by atoms with Gasteiger partial charge >= 0.3 is 5.97 Å². The maximum absolute atomic E-state index is 11.0. The van der Waals surface area contributed by atoms with Crippen LogP contribution in [0.15, 0.2) is 0 Å². The molecule has 0 amide bonds. The van der Waals surface area contributed by atoms with E-state index in [1.807, 2.05) is 6.92 Å². The fourth-order valence-electron chi connectivity index (χ4n) is 1.96. The Kier molecular flexibility index (Phi) is 22.6. The molecule has 0 aromatic carbocycles. The van der Waals surface area contributed by atoms with Crippen molar-refractivity contribution >= 4 is 5.97 Å². The molecule has 0 N–H and O–H groups in total. The van der Waals surface area contributed by atoms with E-state index >= 15 is 0 Å². The molecule has 0 heterocycles. The minimum atomic E-state index is -0.0407. The van der Waals surface area contributed by atoms with Crippen LogP contribution in [0.1, 0.15) is 105 Å². The monoisotopic (exact) mass is 286 g/mol. The Labute approximate surface area is 127 Å². The van der Waals surface area contributed by atoms with Crippen molar-refractivity contribution in [2.45, 2.75) is 105 Å². The van der Waals surface area contributed by atoms with Gasteiger partial charge in [0, 0.05) is 6.42 Å². The Morgan fingerprint density at radius 1 is 0.650 bits per heavy atom. The van der Waals surface area contributed by atoms with Gasteiger partial charge < -0.3 is 4.74 Å². The summed E-state index contributed by atoms with van der Waals surface area (Å²) < 4.78 is 4.85. The van der Waals surface area contributed by atoms with Crippen LogP contribution in [0, 0.1) is 0 Å². The second-order valence-electron chi connectivity index (χ2n) is 5.38. The van der Waals surface area contributed by atoms with Gasteiger partial charge in [0.1, 0.15) is 0 Å². The standard InChI is InChI=1S/C12H24O2.C6H14/c1-3-5-6-7-8-9-10-11-12(13)14-4-2;1-3-5-6-4-2/h3-11H2,1-2H3;3-6H2,1-2H3. The number of carbonyl (C=O) groups excluding carboxylic acids is 1. The van der Waals surface area contributed by atoms with Gasteiger partial charge in [0.2, 0.25) is 0 Å². The van der Waals surface area contributed by atoms with Crippen molar-refractivity contribution in [3.63, 3.8) is 0 Å². The SMILES string of the molecule is CCCCCC.CCCCCCCCCC(=O)OCC. The van der Waals surface area contributed by atoms with E-state index in [1.54, 1.807) is 0 Å². The summed E-state index contributed by atoms with van der Waals surface area (Å²) in [6.45, 7) is 9.05. The maximum atomic E-state index is 11.0. The Morgan fingerprint density at radius 2 is 1.05 bits per heavy atom. The summed E-state index contributed by atoms with van der Waals surface area (Å²) in [4.78, 5) is 11.0. The second kappa shape index (κ2) is 20.8. The van der Waals surface area contributed by atoms with E-state index in [-0.39, 0.29) is 5.97 Å². The van der Waals surface area contributed by atoms with Crippen LogP contribution >= 0.6 is 0 Å². The topological polar surface area (TPSA) is 26.3 Å². The fourth-order valence-corrected chi connectivity index (χ4v) is 1.96. The molecule has 20 heavy (non-hydrogen) atoms. The van der Waals surface area contributed by atoms with Crippen LogP contribution < -0.4 is 0 Å². The van der Waals surface area contributed by atoms with Gasteiger partial charge in [0.25, 0.3) is 0 Å². The van der Waals surface area contributed by atoms with Crippen LogP contribution in [0.2, 0.25) is 0 Å². The lowest BCUT2D eigenvalue weighted by Crippen LogP contribution is -2.03. The van der Waals surface area contributed by atoms with Crippen LogP contribution in [-0.2, 0) is 9.53 Å². The molecule has 2 nitrogen and oxygen atoms in total. The molecular weight excluding hydrogens is 248 g/mol. The Balaban J connectivity index is 0. The molecule has 0 aromatic heterocycles. The van der Waals surface area contributed by atoms with Gasteiger partial charge in [-0.25, -0.2) is 0 Å². The summed E-state index contributed by atoms with van der Waals surface area (Å²) >= 11 is 0. The first-order valence-corrected chi connectivity index (χ1v) is 8.88. The minimum absolute atomic E-state index is 0.0407. The quantitative estimate of drug-likeness (QED) is 0.312. The number of esters is 1. The van der Waals surface area contributed by atoms with Crippen molar-refractivity contribution in [2.75, 3.05) is 6.61 Å². The molecule has 122 valence electrons. The molecule has 0 bridgehead atoms. The van der Waals surface area contributed by atoms with E-state index in [4.69, 9.17) is 4.74 Å². The number of hydrogen-bond donors (Lipinski definition) is 0. The number of carbonyl (C=O) groups is 1. The highest BCUT2D eigenvalue weighted by Crippen LogP contribution is 2.08. The molecule has 0 atom stereocenters. The lowest BCUT2D eigenvalue weighted by Gasteiger charge is -2.01. The van der Waals surface area contributed by atoms with Gasteiger partial charge in [-0.1, -0.05) is 85.0 Å². The van der Waals surface area contributed by atoms with Crippen molar-refractivity contribution in [3.05, 3.63) is 0 Å². The molecule has 0 aliphatic rings. The molecule has 0 aromatic rings. The zero-order valence-corrected chi connectivity index (χ0v) is 14.5. The summed E-state index contributed by atoms with van der Waals surface area (Å²) in [5.41, 5.74) is 0. The normalized spacial score (nSPS) is 9.80. The van der Waals surface area contributed by atoms with Gasteiger partial charge in [0.05, 0.1) is 6.61 Å². The van der Waals surface area contributed by atoms with Crippen LogP contribution in [0.4, 0.5) is 0 Å². The van der Waals surface area contributed by atoms with Crippen molar-refractivity contribution in [3.8, 4) is 0 Å². The van der Waals surface area contributed by atoms with E-state index < -0.39 is 0 Å². The summed E-state index contributed by atoms with van der Waals surface area (Å²) in [6.07, 6.45) is 14.9. The Bertz CT molecular complexity index is 174. The summed E-state index contributed by atoms with van der Waals surface area (Å²) in [5.74, 6) is -0.0407. The molecule has 0 aliphatic carbocycles. The fraction of sp³-hybridized carbons (Fsp3) is 0.944. The third kappa shape index (κ3) is 22.6. The maximum Gasteiger partial charge on any atom is 0.305 e. The number of rotatable bonds is 12. The zero-order valence-electron chi connectivity index (χ0n) is 14.5. The number of hydrogen-bond acceptors (Lipinski definition) is 2. The molecule has 0 spiro atoms. The lowest BCUT2D eigenvalue weighted by molar-refractivity contribution is -0.143. The Morgan fingerprint density at radius 3 is 1.50 bits per heavy atom. The highest BCUT2D eigenvalue weighted by molar-refractivity contribution is 5.69. The first-order valence-electron chi connectivity index (χ1n) is 8.88. The van der Waals surface area contributed by atoms with E-state index in [2.05, 4.69) is 20.8 Å². The Hall–Kier alpha value is -0.530. The molecule has 0 fully saturated rings. The molecule has 0 rings (SSSR count). The van der Waals surface area contributed by atoms with Gasteiger partial charge in [-0.15, -0.1) is 0 Å². The van der Waals surface area contributed by atoms with Crippen molar-refractivity contribution < 1.29 is 9.53 Å². The smallest absolute Gasteiger partial charge is 0.305 e. The summed E-state index contributed by atoms with van der Waals surface area (Å²) in [6, 6.07) is 0. The molecule has 0 aliphatic heterocycles. The van der Waals surface area contributed by atoms with E-state index in [9.17, 15) is 4.79 Å². The predicted octanol–water partition coefficient (Wildman–Crippen LogP) is 6.28. The highest BCUT2D eigenvalue weighted by Gasteiger charge is 2.00. The first-order chi connectivity index (χ1) is 9.72. The molecule has 0 radical (unpaired) electrons. The van der Waals surface area contributed by atoms with Crippen LogP contribution in [0.5, 0.6) is 0 Å².